The maximum absolute atomic E-state index is 12.3. The molecule has 1 heterocycles. The summed E-state index contributed by atoms with van der Waals surface area (Å²) < 4.78 is 5.42. The van der Waals surface area contributed by atoms with Crippen LogP contribution in [-0.4, -0.2) is 53.5 Å². The number of benzene rings is 1. The quantitative estimate of drug-likeness (QED) is 0.483. The first-order valence-corrected chi connectivity index (χ1v) is 11.1. The maximum Gasteiger partial charge on any atom is 0.222 e. The van der Waals surface area contributed by atoms with Crippen molar-refractivity contribution in [2.75, 3.05) is 26.7 Å². The fourth-order valence-electron chi connectivity index (χ4n) is 3.43. The van der Waals surface area contributed by atoms with Crippen molar-refractivity contribution in [3.63, 3.8) is 0 Å². The first-order valence-electron chi connectivity index (χ1n) is 11.1. The van der Waals surface area contributed by atoms with Crippen LogP contribution in [0, 0.1) is 0 Å². The molecule has 2 aromatic rings. The molecule has 6 nitrogen and oxygen atoms in total. The molecule has 30 heavy (non-hydrogen) atoms. The highest BCUT2D eigenvalue weighted by atomic mass is 16.5. The van der Waals surface area contributed by atoms with Crippen molar-refractivity contribution in [3.8, 4) is 11.3 Å². The first kappa shape index (κ1) is 23.6. The van der Waals surface area contributed by atoms with E-state index in [4.69, 9.17) is 4.52 Å². The summed E-state index contributed by atoms with van der Waals surface area (Å²) in [6, 6.07) is 11.9. The Bertz CT molecular complexity index is 767. The Balaban J connectivity index is 1.67. The maximum atomic E-state index is 12.3. The molecule has 2 rings (SSSR count). The van der Waals surface area contributed by atoms with Crippen LogP contribution in [0.4, 0.5) is 0 Å². The average Bonchev–Trinajstić information content (AvgIpc) is 3.23. The van der Waals surface area contributed by atoms with Crippen molar-refractivity contribution < 1.29 is 14.1 Å². The van der Waals surface area contributed by atoms with E-state index in [1.165, 1.54) is 0 Å². The lowest BCUT2D eigenvalue weighted by Gasteiger charge is -2.22. The molecule has 0 saturated carbocycles. The third kappa shape index (κ3) is 7.65. The number of hydrogen-bond acceptors (Lipinski definition) is 4. The molecule has 0 unspecified atom stereocenters. The normalized spacial score (nSPS) is 10.8. The molecule has 0 fully saturated rings. The van der Waals surface area contributed by atoms with Crippen molar-refractivity contribution in [2.24, 2.45) is 0 Å². The molecule has 0 spiro atoms. The van der Waals surface area contributed by atoms with Gasteiger partial charge in [0.25, 0.3) is 0 Å². The molecule has 6 heteroatoms. The molecule has 1 aromatic heterocycles. The molecule has 1 aromatic carbocycles. The third-order valence-corrected chi connectivity index (χ3v) is 5.09. The number of aryl methyl sites for hydroxylation is 1. The van der Waals surface area contributed by atoms with Crippen LogP contribution in [-0.2, 0) is 16.0 Å². The second kappa shape index (κ2) is 12.8. The van der Waals surface area contributed by atoms with Gasteiger partial charge in [-0.15, -0.1) is 0 Å². The largest absolute Gasteiger partial charge is 0.361 e. The van der Waals surface area contributed by atoms with Crippen molar-refractivity contribution >= 4 is 11.8 Å². The molecule has 0 N–H and O–H groups in total. The average molecular weight is 414 g/mol. The van der Waals surface area contributed by atoms with Crippen LogP contribution in [0.2, 0.25) is 0 Å². The van der Waals surface area contributed by atoms with E-state index in [1.54, 1.807) is 4.90 Å². The minimum Gasteiger partial charge on any atom is -0.361 e. The predicted molar refractivity (Wildman–Crippen MR) is 119 cm³/mol. The number of nitrogens with zero attached hydrogens (tertiary/aromatic N) is 3. The minimum atomic E-state index is 0.0860. The van der Waals surface area contributed by atoms with Crippen LogP contribution in [0.5, 0.6) is 0 Å². The standard InChI is InChI=1S/C24H35N3O3/c1-4-16-27(17-5-2)24(29)15-9-14-23(28)26(3)18-10-13-21-19-22(25-30-21)20-11-7-6-8-12-20/h6-8,11-12,19H,4-5,9-10,13-18H2,1-3H3. The zero-order chi connectivity index (χ0) is 21.8. The molecule has 2 amide bonds. The lowest BCUT2D eigenvalue weighted by atomic mass is 10.1. The van der Waals surface area contributed by atoms with Crippen molar-refractivity contribution in [1.82, 2.24) is 15.0 Å². The summed E-state index contributed by atoms with van der Waals surface area (Å²) in [4.78, 5) is 28.3. The Hall–Kier alpha value is -2.63. The van der Waals surface area contributed by atoms with Gasteiger partial charge in [-0.3, -0.25) is 9.59 Å². The highest BCUT2D eigenvalue weighted by Gasteiger charge is 2.14. The summed E-state index contributed by atoms with van der Waals surface area (Å²) >= 11 is 0. The van der Waals surface area contributed by atoms with Crippen LogP contribution < -0.4 is 0 Å². The van der Waals surface area contributed by atoms with Crippen LogP contribution in [0.15, 0.2) is 40.9 Å². The number of carbonyl (C=O) groups is 2. The van der Waals surface area contributed by atoms with Gasteiger partial charge < -0.3 is 14.3 Å². The summed E-state index contributed by atoms with van der Waals surface area (Å²) in [5, 5.41) is 4.13. The SMILES string of the molecule is CCCN(CCC)C(=O)CCCC(=O)N(C)CCCc1cc(-c2ccccc2)no1. The molecule has 0 radical (unpaired) electrons. The second-order valence-electron chi connectivity index (χ2n) is 7.70. The Morgan fingerprint density at radius 1 is 0.933 bits per heavy atom. The highest BCUT2D eigenvalue weighted by molar-refractivity contribution is 5.79. The second-order valence-corrected chi connectivity index (χ2v) is 7.70. The molecule has 0 bridgehead atoms. The van der Waals surface area contributed by atoms with Gasteiger partial charge >= 0.3 is 0 Å². The van der Waals surface area contributed by atoms with Crippen LogP contribution in [0.25, 0.3) is 11.3 Å². The predicted octanol–water partition coefficient (Wildman–Crippen LogP) is 4.55. The van der Waals surface area contributed by atoms with E-state index in [-0.39, 0.29) is 11.8 Å². The Morgan fingerprint density at radius 2 is 1.60 bits per heavy atom. The van der Waals surface area contributed by atoms with Gasteiger partial charge in [-0.2, -0.15) is 0 Å². The van der Waals surface area contributed by atoms with Gasteiger partial charge in [0.1, 0.15) is 11.5 Å². The number of rotatable bonds is 13. The lowest BCUT2D eigenvalue weighted by molar-refractivity contribution is -0.132. The summed E-state index contributed by atoms with van der Waals surface area (Å²) in [7, 11) is 1.82. The summed E-state index contributed by atoms with van der Waals surface area (Å²) in [6.07, 6.45) is 4.93. The summed E-state index contributed by atoms with van der Waals surface area (Å²) in [5.74, 6) is 1.07. The summed E-state index contributed by atoms with van der Waals surface area (Å²) in [5.41, 5.74) is 1.87. The van der Waals surface area contributed by atoms with Gasteiger partial charge in [-0.05, 0) is 25.7 Å². The smallest absolute Gasteiger partial charge is 0.222 e. The number of carbonyl (C=O) groups excluding carboxylic acids is 2. The Kier molecular flexibility index (Phi) is 10.1. The van der Waals surface area contributed by atoms with E-state index in [9.17, 15) is 9.59 Å². The van der Waals surface area contributed by atoms with E-state index in [1.807, 2.05) is 48.3 Å². The fourth-order valence-corrected chi connectivity index (χ4v) is 3.43. The van der Waals surface area contributed by atoms with E-state index < -0.39 is 0 Å². The van der Waals surface area contributed by atoms with E-state index in [0.29, 0.717) is 25.8 Å². The molecular formula is C24H35N3O3. The highest BCUT2D eigenvalue weighted by Crippen LogP contribution is 2.19. The lowest BCUT2D eigenvalue weighted by Crippen LogP contribution is -2.33. The van der Waals surface area contributed by atoms with Gasteiger partial charge in [0.15, 0.2) is 0 Å². The minimum absolute atomic E-state index is 0.0860. The number of aromatic nitrogens is 1. The van der Waals surface area contributed by atoms with Crippen LogP contribution >= 0.6 is 0 Å². The molecule has 0 atom stereocenters. The number of amides is 2. The molecule has 0 aliphatic rings. The Morgan fingerprint density at radius 3 is 2.27 bits per heavy atom. The third-order valence-electron chi connectivity index (χ3n) is 5.09. The number of hydrogen-bond donors (Lipinski definition) is 0. The van der Waals surface area contributed by atoms with Crippen molar-refractivity contribution in [2.45, 2.75) is 58.8 Å². The first-order chi connectivity index (χ1) is 14.5. The molecule has 164 valence electrons. The van der Waals surface area contributed by atoms with Gasteiger partial charge in [0.05, 0.1) is 0 Å². The van der Waals surface area contributed by atoms with Crippen LogP contribution in [0.1, 0.15) is 58.1 Å². The zero-order valence-electron chi connectivity index (χ0n) is 18.6. The van der Waals surface area contributed by atoms with Gasteiger partial charge in [0.2, 0.25) is 11.8 Å². The van der Waals surface area contributed by atoms with Crippen molar-refractivity contribution in [1.29, 1.82) is 0 Å². The molecule has 0 aliphatic carbocycles. The zero-order valence-corrected chi connectivity index (χ0v) is 18.6. The van der Waals surface area contributed by atoms with Gasteiger partial charge in [-0.25, -0.2) is 0 Å². The van der Waals surface area contributed by atoms with E-state index >= 15 is 0 Å². The van der Waals surface area contributed by atoms with Gasteiger partial charge in [-0.1, -0.05) is 49.3 Å². The Labute approximate surface area is 180 Å². The van der Waals surface area contributed by atoms with Crippen molar-refractivity contribution in [3.05, 3.63) is 42.2 Å². The molecular weight excluding hydrogens is 378 g/mol. The fraction of sp³-hybridized carbons (Fsp3) is 0.542. The monoisotopic (exact) mass is 413 g/mol. The van der Waals surface area contributed by atoms with Gasteiger partial charge in [0, 0.05) is 57.6 Å². The van der Waals surface area contributed by atoms with Crippen LogP contribution in [0.3, 0.4) is 0 Å². The van der Waals surface area contributed by atoms with E-state index in [0.717, 1.165) is 55.8 Å². The molecule has 0 saturated heterocycles. The topological polar surface area (TPSA) is 66.7 Å². The molecule has 0 aliphatic heterocycles. The summed E-state index contributed by atoms with van der Waals surface area (Å²) in [6.45, 7) is 6.42. The van der Waals surface area contributed by atoms with E-state index in [2.05, 4.69) is 19.0 Å².